The highest BCUT2D eigenvalue weighted by Crippen LogP contribution is 2.42. The summed E-state index contributed by atoms with van der Waals surface area (Å²) in [6, 6.07) is 7.31. The maximum atomic E-state index is 12.5. The summed E-state index contributed by atoms with van der Waals surface area (Å²) in [5.41, 5.74) is 1.80. The number of thiophene rings is 1. The van der Waals surface area contributed by atoms with Crippen LogP contribution in [-0.4, -0.2) is 18.5 Å². The SMILES string of the molecule is CCOC(=O)c1c(-c2ccccc2Cl)csc1NC(=O)[C@@H]1C[C@@H]1C. The van der Waals surface area contributed by atoms with E-state index in [1.165, 1.54) is 11.3 Å². The normalized spacial score (nSPS) is 19.0. The summed E-state index contributed by atoms with van der Waals surface area (Å²) in [6.07, 6.45) is 0.892. The number of carbonyl (C=O) groups is 2. The van der Waals surface area contributed by atoms with E-state index in [4.69, 9.17) is 16.3 Å². The van der Waals surface area contributed by atoms with Gasteiger partial charge in [-0.25, -0.2) is 4.79 Å². The summed E-state index contributed by atoms with van der Waals surface area (Å²) >= 11 is 7.59. The molecule has 0 bridgehead atoms. The van der Waals surface area contributed by atoms with Crippen molar-refractivity contribution in [1.82, 2.24) is 0 Å². The average molecular weight is 364 g/mol. The highest BCUT2D eigenvalue weighted by molar-refractivity contribution is 7.15. The highest BCUT2D eigenvalue weighted by atomic mass is 35.5. The predicted octanol–water partition coefficient (Wildman–Crippen LogP) is 4.84. The first-order valence-corrected chi connectivity index (χ1v) is 9.13. The maximum absolute atomic E-state index is 12.5. The van der Waals surface area contributed by atoms with Crippen LogP contribution in [0.25, 0.3) is 11.1 Å². The van der Waals surface area contributed by atoms with Crippen LogP contribution in [0.15, 0.2) is 29.6 Å². The van der Waals surface area contributed by atoms with Gasteiger partial charge in [0.15, 0.2) is 0 Å². The van der Waals surface area contributed by atoms with Gasteiger partial charge in [0, 0.05) is 27.4 Å². The van der Waals surface area contributed by atoms with Gasteiger partial charge in [0.1, 0.15) is 10.6 Å². The molecule has 1 amide bonds. The van der Waals surface area contributed by atoms with Gasteiger partial charge in [0.05, 0.1) is 6.61 Å². The van der Waals surface area contributed by atoms with Gasteiger partial charge >= 0.3 is 5.97 Å². The summed E-state index contributed by atoms with van der Waals surface area (Å²) in [7, 11) is 0. The third-order valence-corrected chi connectivity index (χ3v) is 5.34. The Morgan fingerprint density at radius 1 is 1.33 bits per heavy atom. The monoisotopic (exact) mass is 363 g/mol. The van der Waals surface area contributed by atoms with Crippen LogP contribution in [0, 0.1) is 11.8 Å². The van der Waals surface area contributed by atoms with E-state index in [9.17, 15) is 9.59 Å². The number of halogens is 1. The van der Waals surface area contributed by atoms with Gasteiger partial charge in [-0.2, -0.15) is 0 Å². The van der Waals surface area contributed by atoms with E-state index in [0.717, 1.165) is 12.0 Å². The van der Waals surface area contributed by atoms with Crippen LogP contribution >= 0.6 is 22.9 Å². The number of anilines is 1. The van der Waals surface area contributed by atoms with E-state index in [1.807, 2.05) is 30.5 Å². The lowest BCUT2D eigenvalue weighted by Gasteiger charge is -2.09. The number of amides is 1. The fourth-order valence-corrected chi connectivity index (χ4v) is 3.81. The topological polar surface area (TPSA) is 55.4 Å². The second-order valence-corrected chi connectivity index (χ2v) is 7.15. The molecule has 1 fully saturated rings. The fraction of sp³-hybridized carbons (Fsp3) is 0.333. The summed E-state index contributed by atoms with van der Waals surface area (Å²) in [4.78, 5) is 24.7. The van der Waals surface area contributed by atoms with Gasteiger partial charge in [-0.15, -0.1) is 11.3 Å². The Labute approximate surface area is 149 Å². The number of hydrogen-bond acceptors (Lipinski definition) is 4. The number of ether oxygens (including phenoxy) is 1. The molecule has 4 nitrogen and oxygen atoms in total. The molecule has 0 aliphatic heterocycles. The molecule has 2 atom stereocenters. The fourth-order valence-electron chi connectivity index (χ4n) is 2.63. The first-order valence-electron chi connectivity index (χ1n) is 7.87. The predicted molar refractivity (Wildman–Crippen MR) is 96.6 cm³/mol. The van der Waals surface area contributed by atoms with Crippen molar-refractivity contribution in [1.29, 1.82) is 0 Å². The largest absolute Gasteiger partial charge is 0.462 e. The average Bonchev–Trinajstić information content (AvgIpc) is 3.14. The molecule has 0 spiro atoms. The van der Waals surface area contributed by atoms with Gasteiger partial charge in [-0.05, 0) is 25.3 Å². The zero-order valence-electron chi connectivity index (χ0n) is 13.5. The van der Waals surface area contributed by atoms with Crippen molar-refractivity contribution in [3.63, 3.8) is 0 Å². The second kappa shape index (κ2) is 6.95. The third-order valence-electron chi connectivity index (χ3n) is 4.12. The Hall–Kier alpha value is -1.85. The van der Waals surface area contributed by atoms with Crippen LogP contribution in [0.5, 0.6) is 0 Å². The molecule has 1 N–H and O–H groups in total. The molecule has 1 saturated carbocycles. The van der Waals surface area contributed by atoms with Crippen LogP contribution in [0.1, 0.15) is 30.6 Å². The third kappa shape index (κ3) is 3.32. The lowest BCUT2D eigenvalue weighted by atomic mass is 10.0. The zero-order chi connectivity index (χ0) is 17.3. The Morgan fingerprint density at radius 3 is 2.67 bits per heavy atom. The van der Waals surface area contributed by atoms with Gasteiger partial charge in [-0.1, -0.05) is 36.7 Å². The molecule has 1 aromatic carbocycles. The molecule has 3 rings (SSSR count). The molecule has 6 heteroatoms. The zero-order valence-corrected chi connectivity index (χ0v) is 15.0. The van der Waals surface area contributed by atoms with Crippen molar-refractivity contribution in [3.05, 3.63) is 40.2 Å². The van der Waals surface area contributed by atoms with Crippen molar-refractivity contribution in [2.45, 2.75) is 20.3 Å². The quantitative estimate of drug-likeness (QED) is 0.773. The molecule has 1 aromatic heterocycles. The van der Waals surface area contributed by atoms with Crippen LogP contribution in [-0.2, 0) is 9.53 Å². The Bertz CT molecular complexity index is 786. The smallest absolute Gasteiger partial charge is 0.341 e. The highest BCUT2D eigenvalue weighted by Gasteiger charge is 2.39. The van der Waals surface area contributed by atoms with Crippen LogP contribution < -0.4 is 5.32 Å². The summed E-state index contributed by atoms with van der Waals surface area (Å²) in [5.74, 6) is -0.0571. The molecule has 2 aromatic rings. The number of benzene rings is 1. The summed E-state index contributed by atoms with van der Waals surface area (Å²) in [6.45, 7) is 4.06. The van der Waals surface area contributed by atoms with Crippen molar-refractivity contribution in [2.24, 2.45) is 11.8 Å². The molecule has 126 valence electrons. The lowest BCUT2D eigenvalue weighted by Crippen LogP contribution is -2.16. The minimum absolute atomic E-state index is 0.0332. The summed E-state index contributed by atoms with van der Waals surface area (Å²) < 4.78 is 5.18. The number of nitrogens with one attached hydrogen (secondary N) is 1. The maximum Gasteiger partial charge on any atom is 0.341 e. The number of hydrogen-bond donors (Lipinski definition) is 1. The molecule has 0 saturated heterocycles. The molecule has 24 heavy (non-hydrogen) atoms. The van der Waals surface area contributed by atoms with Crippen molar-refractivity contribution < 1.29 is 14.3 Å². The van der Waals surface area contributed by atoms with Gasteiger partial charge in [-0.3, -0.25) is 4.79 Å². The molecular formula is C18H18ClNO3S. The number of carbonyl (C=O) groups excluding carboxylic acids is 2. The van der Waals surface area contributed by atoms with Gasteiger partial charge in [0.25, 0.3) is 0 Å². The Morgan fingerprint density at radius 2 is 2.04 bits per heavy atom. The molecule has 1 aliphatic carbocycles. The second-order valence-electron chi connectivity index (χ2n) is 5.86. The Balaban J connectivity index is 1.99. The number of esters is 1. The minimum Gasteiger partial charge on any atom is -0.462 e. The minimum atomic E-state index is -0.451. The first-order chi connectivity index (χ1) is 11.5. The van der Waals surface area contributed by atoms with E-state index in [-0.39, 0.29) is 18.4 Å². The number of rotatable bonds is 5. The van der Waals surface area contributed by atoms with Gasteiger partial charge in [0.2, 0.25) is 5.91 Å². The molecule has 0 radical (unpaired) electrons. The first kappa shape index (κ1) is 17.0. The molecule has 1 heterocycles. The van der Waals surface area contributed by atoms with Crippen LogP contribution in [0.3, 0.4) is 0 Å². The van der Waals surface area contributed by atoms with E-state index in [1.54, 1.807) is 13.0 Å². The van der Waals surface area contributed by atoms with Crippen molar-refractivity contribution >= 4 is 39.8 Å². The Kier molecular flexibility index (Phi) is 4.92. The van der Waals surface area contributed by atoms with E-state index < -0.39 is 5.97 Å². The van der Waals surface area contributed by atoms with Crippen LogP contribution in [0.4, 0.5) is 5.00 Å². The molecule has 1 aliphatic rings. The van der Waals surface area contributed by atoms with E-state index >= 15 is 0 Å². The lowest BCUT2D eigenvalue weighted by molar-refractivity contribution is -0.117. The van der Waals surface area contributed by atoms with E-state index in [0.29, 0.717) is 27.1 Å². The summed E-state index contributed by atoms with van der Waals surface area (Å²) in [5, 5.41) is 5.79. The molecular weight excluding hydrogens is 346 g/mol. The standard InChI is InChI=1S/C18H18ClNO3S/c1-3-23-18(22)15-13(11-6-4-5-7-14(11)19)9-24-17(15)20-16(21)12-8-10(12)2/h4-7,9-10,12H,3,8H2,1-2H3,(H,20,21)/t10-,12+/m0/s1. The van der Waals surface area contributed by atoms with Crippen molar-refractivity contribution in [2.75, 3.05) is 11.9 Å². The molecule has 0 unspecified atom stereocenters. The van der Waals surface area contributed by atoms with Gasteiger partial charge < -0.3 is 10.1 Å². The van der Waals surface area contributed by atoms with Crippen LogP contribution in [0.2, 0.25) is 5.02 Å². The van der Waals surface area contributed by atoms with E-state index in [2.05, 4.69) is 5.32 Å². The van der Waals surface area contributed by atoms with Crippen molar-refractivity contribution in [3.8, 4) is 11.1 Å².